The van der Waals surface area contributed by atoms with Gasteiger partial charge in [0.15, 0.2) is 0 Å². The summed E-state index contributed by atoms with van der Waals surface area (Å²) in [5.41, 5.74) is 5.56. The summed E-state index contributed by atoms with van der Waals surface area (Å²) in [4.78, 5) is 0.0214. The van der Waals surface area contributed by atoms with Crippen molar-refractivity contribution in [3.8, 4) is 5.75 Å². The zero-order valence-electron chi connectivity index (χ0n) is 11.8. The lowest BCUT2D eigenvalue weighted by Gasteiger charge is -2.29. The highest BCUT2D eigenvalue weighted by Crippen LogP contribution is 2.27. The Kier molecular flexibility index (Phi) is 5.79. The first-order valence-electron chi connectivity index (χ1n) is 6.59. The molecule has 7 heteroatoms. The van der Waals surface area contributed by atoms with Crippen LogP contribution in [0.25, 0.3) is 0 Å². The summed E-state index contributed by atoms with van der Waals surface area (Å²) < 4.78 is 26.5. The van der Waals surface area contributed by atoms with E-state index in [9.17, 15) is 13.5 Å². The van der Waals surface area contributed by atoms with Crippen molar-refractivity contribution in [1.82, 2.24) is 4.31 Å². The van der Waals surface area contributed by atoms with Gasteiger partial charge < -0.3 is 15.9 Å². The number of phenolic OH excluding ortho intramolecular Hbond substituents is 1. The molecule has 1 aromatic rings. The number of benzene rings is 1. The van der Waals surface area contributed by atoms with Crippen LogP contribution in [-0.2, 0) is 10.0 Å². The number of aliphatic hydroxyl groups excluding tert-OH is 1. The van der Waals surface area contributed by atoms with Crippen molar-refractivity contribution in [2.75, 3.05) is 18.9 Å². The summed E-state index contributed by atoms with van der Waals surface area (Å²) in [5, 5.41) is 18.5. The van der Waals surface area contributed by atoms with Crippen LogP contribution in [0.3, 0.4) is 0 Å². The van der Waals surface area contributed by atoms with E-state index in [-0.39, 0.29) is 35.5 Å². The van der Waals surface area contributed by atoms with Crippen LogP contribution >= 0.6 is 0 Å². The van der Waals surface area contributed by atoms with E-state index >= 15 is 0 Å². The lowest BCUT2D eigenvalue weighted by atomic mass is 10.2. The van der Waals surface area contributed by atoms with Crippen LogP contribution < -0.4 is 5.73 Å². The molecule has 0 bridgehead atoms. The number of nitrogen functional groups attached to an aromatic ring is 1. The minimum absolute atomic E-state index is 0.0135. The lowest BCUT2D eigenvalue weighted by Crippen LogP contribution is -2.41. The van der Waals surface area contributed by atoms with E-state index < -0.39 is 10.0 Å². The standard InChI is InChI=1S/C13H22N2O4S/c1-3-10(4-2)15(7-8-16)20(18,19)11-5-6-13(17)12(14)9-11/h5-6,9-10,16-17H,3-4,7-8,14H2,1-2H3. The first kappa shape index (κ1) is 16.7. The number of nitrogens with zero attached hydrogens (tertiary/aromatic N) is 1. The fourth-order valence-electron chi connectivity index (χ4n) is 2.12. The largest absolute Gasteiger partial charge is 0.506 e. The molecule has 0 fully saturated rings. The van der Waals surface area contributed by atoms with Crippen LogP contribution in [0.2, 0.25) is 0 Å². The minimum atomic E-state index is -3.74. The third-order valence-electron chi connectivity index (χ3n) is 3.28. The highest BCUT2D eigenvalue weighted by Gasteiger charge is 2.29. The van der Waals surface area contributed by atoms with E-state index in [1.54, 1.807) is 0 Å². The third-order valence-corrected chi connectivity index (χ3v) is 5.22. The van der Waals surface area contributed by atoms with E-state index in [1.165, 1.54) is 22.5 Å². The van der Waals surface area contributed by atoms with Crippen LogP contribution in [0.1, 0.15) is 26.7 Å². The second kappa shape index (κ2) is 6.92. The second-order valence-corrected chi connectivity index (χ2v) is 6.42. The normalized spacial score (nSPS) is 12.2. The molecule has 0 aliphatic heterocycles. The number of hydrogen-bond acceptors (Lipinski definition) is 5. The molecule has 0 aliphatic carbocycles. The Labute approximate surface area is 119 Å². The molecule has 0 amide bonds. The molecule has 1 aromatic carbocycles. The molecule has 0 heterocycles. The topological polar surface area (TPSA) is 104 Å². The number of phenols is 1. The van der Waals surface area contributed by atoms with E-state index in [0.717, 1.165) is 0 Å². The van der Waals surface area contributed by atoms with Crippen LogP contribution in [0.5, 0.6) is 5.75 Å². The van der Waals surface area contributed by atoms with Crippen molar-refractivity contribution >= 4 is 15.7 Å². The molecule has 114 valence electrons. The minimum Gasteiger partial charge on any atom is -0.506 e. The first-order chi connectivity index (χ1) is 9.38. The van der Waals surface area contributed by atoms with Crippen molar-refractivity contribution in [2.45, 2.75) is 37.6 Å². The quantitative estimate of drug-likeness (QED) is 0.517. The maximum atomic E-state index is 12.6. The van der Waals surface area contributed by atoms with Crippen LogP contribution in [0, 0.1) is 0 Å². The molecule has 0 saturated heterocycles. The SMILES string of the molecule is CCC(CC)N(CCO)S(=O)(=O)c1ccc(O)c(N)c1. The van der Waals surface area contributed by atoms with Gasteiger partial charge in [0.05, 0.1) is 17.2 Å². The molecule has 1 rings (SSSR count). The smallest absolute Gasteiger partial charge is 0.243 e. The summed E-state index contributed by atoms with van der Waals surface area (Å²) in [7, 11) is -3.74. The fourth-order valence-corrected chi connectivity index (χ4v) is 3.92. The highest BCUT2D eigenvalue weighted by molar-refractivity contribution is 7.89. The molecule has 0 spiro atoms. The van der Waals surface area contributed by atoms with Crippen molar-refractivity contribution in [2.24, 2.45) is 0 Å². The summed E-state index contributed by atoms with van der Waals surface area (Å²) in [6, 6.07) is 3.62. The molecule has 0 aromatic heterocycles. The van der Waals surface area contributed by atoms with Gasteiger partial charge in [-0.25, -0.2) is 8.42 Å². The number of aliphatic hydroxyl groups is 1. The predicted molar refractivity (Wildman–Crippen MR) is 77.9 cm³/mol. The Morgan fingerprint density at radius 1 is 1.30 bits per heavy atom. The third kappa shape index (κ3) is 3.41. The summed E-state index contributed by atoms with van der Waals surface area (Å²) in [5.74, 6) is -0.153. The van der Waals surface area contributed by atoms with Gasteiger partial charge >= 0.3 is 0 Å². The van der Waals surface area contributed by atoms with Gasteiger partial charge in [0.2, 0.25) is 10.0 Å². The number of sulfonamides is 1. The maximum Gasteiger partial charge on any atom is 0.243 e. The average molecular weight is 302 g/mol. The zero-order valence-corrected chi connectivity index (χ0v) is 12.6. The number of nitrogens with two attached hydrogens (primary N) is 1. The monoisotopic (exact) mass is 302 g/mol. The van der Waals surface area contributed by atoms with E-state index in [2.05, 4.69) is 0 Å². The number of anilines is 1. The van der Waals surface area contributed by atoms with Gasteiger partial charge in [-0.2, -0.15) is 4.31 Å². The van der Waals surface area contributed by atoms with E-state index in [1.807, 2.05) is 13.8 Å². The molecule has 0 aliphatic rings. The molecule has 20 heavy (non-hydrogen) atoms. The number of aromatic hydroxyl groups is 1. The van der Waals surface area contributed by atoms with Crippen LogP contribution in [0.15, 0.2) is 23.1 Å². The second-order valence-electron chi connectivity index (χ2n) is 4.53. The molecular weight excluding hydrogens is 280 g/mol. The zero-order chi connectivity index (χ0) is 15.3. The van der Waals surface area contributed by atoms with Gasteiger partial charge in [-0.1, -0.05) is 13.8 Å². The Bertz CT molecular complexity index is 541. The average Bonchev–Trinajstić information content (AvgIpc) is 2.42. The molecule has 4 N–H and O–H groups in total. The first-order valence-corrected chi connectivity index (χ1v) is 8.03. The Morgan fingerprint density at radius 2 is 1.90 bits per heavy atom. The van der Waals surface area contributed by atoms with Crippen molar-refractivity contribution in [1.29, 1.82) is 0 Å². The van der Waals surface area contributed by atoms with Gasteiger partial charge in [0.1, 0.15) is 5.75 Å². The van der Waals surface area contributed by atoms with Gasteiger partial charge in [-0.15, -0.1) is 0 Å². The summed E-state index contributed by atoms with van der Waals surface area (Å²) in [6.07, 6.45) is 1.31. The Morgan fingerprint density at radius 3 is 2.35 bits per heavy atom. The number of rotatable bonds is 7. The summed E-state index contributed by atoms with van der Waals surface area (Å²) >= 11 is 0. The number of hydrogen-bond donors (Lipinski definition) is 3. The van der Waals surface area contributed by atoms with Gasteiger partial charge in [-0.05, 0) is 31.0 Å². The van der Waals surface area contributed by atoms with E-state index in [4.69, 9.17) is 10.8 Å². The van der Waals surface area contributed by atoms with Crippen molar-refractivity contribution in [3.05, 3.63) is 18.2 Å². The van der Waals surface area contributed by atoms with E-state index in [0.29, 0.717) is 12.8 Å². The van der Waals surface area contributed by atoms with Crippen LogP contribution in [-0.4, -0.2) is 42.1 Å². The Balaban J connectivity index is 3.24. The summed E-state index contributed by atoms with van der Waals surface area (Å²) in [6.45, 7) is 3.59. The molecule has 0 saturated carbocycles. The predicted octanol–water partition coefficient (Wildman–Crippen LogP) is 1.15. The lowest BCUT2D eigenvalue weighted by molar-refractivity contribution is 0.219. The molecular formula is C13H22N2O4S. The van der Waals surface area contributed by atoms with Gasteiger partial charge in [0.25, 0.3) is 0 Å². The molecule has 0 radical (unpaired) electrons. The van der Waals surface area contributed by atoms with Crippen molar-refractivity contribution in [3.63, 3.8) is 0 Å². The van der Waals surface area contributed by atoms with Gasteiger partial charge in [-0.3, -0.25) is 0 Å². The van der Waals surface area contributed by atoms with Gasteiger partial charge in [0, 0.05) is 12.6 Å². The maximum absolute atomic E-state index is 12.6. The Hall–Kier alpha value is -1.31. The van der Waals surface area contributed by atoms with Crippen molar-refractivity contribution < 1.29 is 18.6 Å². The highest BCUT2D eigenvalue weighted by atomic mass is 32.2. The molecule has 0 atom stereocenters. The van der Waals surface area contributed by atoms with Crippen LogP contribution in [0.4, 0.5) is 5.69 Å². The fraction of sp³-hybridized carbons (Fsp3) is 0.538. The molecule has 6 nitrogen and oxygen atoms in total. The molecule has 0 unspecified atom stereocenters.